The Morgan fingerprint density at radius 2 is 1.90 bits per heavy atom. The number of rotatable bonds is 4. The number of benzene rings is 2. The Morgan fingerprint density at radius 1 is 1.10 bits per heavy atom. The lowest BCUT2D eigenvalue weighted by Crippen LogP contribution is -2.19. The van der Waals surface area contributed by atoms with Crippen LogP contribution in [0.15, 0.2) is 42.5 Å². The molecule has 0 aromatic heterocycles. The van der Waals surface area contributed by atoms with E-state index in [0.717, 1.165) is 12.1 Å². The van der Waals surface area contributed by atoms with E-state index in [1.807, 2.05) is 31.3 Å². The second-order valence-electron chi connectivity index (χ2n) is 4.43. The van der Waals surface area contributed by atoms with Gasteiger partial charge in [0.15, 0.2) is 0 Å². The van der Waals surface area contributed by atoms with E-state index in [9.17, 15) is 4.79 Å². The highest BCUT2D eigenvalue weighted by Gasteiger charge is 2.07. The molecule has 2 amide bonds. The highest BCUT2D eigenvalue weighted by Crippen LogP contribution is 2.25. The summed E-state index contributed by atoms with van der Waals surface area (Å²) in [5.41, 5.74) is 2.25. The van der Waals surface area contributed by atoms with Crippen molar-refractivity contribution in [1.82, 2.24) is 5.32 Å². The number of hydrogen-bond donors (Lipinski definition) is 3. The van der Waals surface area contributed by atoms with Gasteiger partial charge in [-0.3, -0.25) is 0 Å². The molecule has 0 spiro atoms. The lowest BCUT2D eigenvalue weighted by atomic mass is 10.2. The van der Waals surface area contributed by atoms with Gasteiger partial charge in [-0.25, -0.2) is 4.79 Å². The minimum atomic E-state index is -0.374. The molecule has 2 aromatic carbocycles. The molecule has 2 rings (SSSR count). The number of anilines is 2. The number of halogens is 2. The summed E-state index contributed by atoms with van der Waals surface area (Å²) in [5, 5.41) is 9.42. The zero-order valence-corrected chi connectivity index (χ0v) is 12.9. The Balaban J connectivity index is 2.04. The van der Waals surface area contributed by atoms with Crippen LogP contribution in [0.3, 0.4) is 0 Å². The van der Waals surface area contributed by atoms with Gasteiger partial charge in [-0.1, -0.05) is 35.3 Å². The molecule has 0 heterocycles. The fraction of sp³-hybridized carbons (Fsp3) is 0.133. The molecule has 3 N–H and O–H groups in total. The first-order valence-electron chi connectivity index (χ1n) is 6.35. The maximum absolute atomic E-state index is 12.0. The van der Waals surface area contributed by atoms with Crippen molar-refractivity contribution in [3.05, 3.63) is 58.1 Å². The highest BCUT2D eigenvalue weighted by molar-refractivity contribution is 6.35. The highest BCUT2D eigenvalue weighted by atomic mass is 35.5. The van der Waals surface area contributed by atoms with E-state index in [-0.39, 0.29) is 6.03 Å². The van der Waals surface area contributed by atoms with Crippen molar-refractivity contribution in [1.29, 1.82) is 0 Å². The molecule has 21 heavy (non-hydrogen) atoms. The molecule has 0 bridgehead atoms. The molecule has 0 aliphatic rings. The van der Waals surface area contributed by atoms with Crippen LogP contribution in [0.5, 0.6) is 0 Å². The summed E-state index contributed by atoms with van der Waals surface area (Å²) in [5.74, 6) is 0. The van der Waals surface area contributed by atoms with E-state index >= 15 is 0 Å². The smallest absolute Gasteiger partial charge is 0.316 e. The van der Waals surface area contributed by atoms with Crippen LogP contribution >= 0.6 is 23.2 Å². The lowest BCUT2D eigenvalue weighted by Gasteiger charge is -2.10. The van der Waals surface area contributed by atoms with Crippen LogP contribution in [0.2, 0.25) is 10.0 Å². The van der Waals surface area contributed by atoms with Gasteiger partial charge in [0.25, 0.3) is 0 Å². The van der Waals surface area contributed by atoms with Gasteiger partial charge in [-0.15, -0.1) is 0 Å². The third kappa shape index (κ3) is 4.63. The van der Waals surface area contributed by atoms with Crippen molar-refractivity contribution in [2.45, 2.75) is 6.54 Å². The second kappa shape index (κ2) is 7.31. The normalized spacial score (nSPS) is 10.2. The standard InChI is InChI=1S/C15H15Cl2N3O/c1-18-9-10-3-2-4-12(7-10)19-15(21)20-14-8-11(16)5-6-13(14)17/h2-8,18H,9H2,1H3,(H2,19,20,21). The van der Waals surface area contributed by atoms with Crippen LogP contribution in [-0.4, -0.2) is 13.1 Å². The third-order valence-electron chi connectivity index (χ3n) is 2.74. The molecule has 6 heteroatoms. The van der Waals surface area contributed by atoms with Crippen LogP contribution in [0.25, 0.3) is 0 Å². The Hall–Kier alpha value is -1.75. The SMILES string of the molecule is CNCc1cccc(NC(=O)Nc2cc(Cl)ccc2Cl)c1. The zero-order chi connectivity index (χ0) is 15.2. The van der Waals surface area contributed by atoms with Crippen LogP contribution in [0.4, 0.5) is 16.2 Å². The van der Waals surface area contributed by atoms with Gasteiger partial charge < -0.3 is 16.0 Å². The van der Waals surface area contributed by atoms with Crippen molar-refractivity contribution in [2.75, 3.05) is 17.7 Å². The molecule has 2 aromatic rings. The molecule has 110 valence electrons. The maximum atomic E-state index is 12.0. The van der Waals surface area contributed by atoms with Crippen molar-refractivity contribution >= 4 is 40.6 Å². The predicted octanol–water partition coefficient (Wildman–Crippen LogP) is 4.36. The fourth-order valence-electron chi connectivity index (χ4n) is 1.84. The molecule has 0 saturated carbocycles. The number of urea groups is 1. The first-order chi connectivity index (χ1) is 10.1. The van der Waals surface area contributed by atoms with Crippen molar-refractivity contribution in [3.8, 4) is 0 Å². The number of amides is 2. The largest absolute Gasteiger partial charge is 0.323 e. The van der Waals surface area contributed by atoms with Crippen molar-refractivity contribution < 1.29 is 4.79 Å². The quantitative estimate of drug-likeness (QED) is 0.783. The van der Waals surface area contributed by atoms with Gasteiger partial charge in [0, 0.05) is 17.3 Å². The van der Waals surface area contributed by atoms with Crippen LogP contribution in [0, 0.1) is 0 Å². The van der Waals surface area contributed by atoms with Crippen LogP contribution in [-0.2, 0) is 6.54 Å². The van der Waals surface area contributed by atoms with E-state index in [2.05, 4.69) is 16.0 Å². The molecule has 0 aliphatic carbocycles. The van der Waals surface area contributed by atoms with E-state index < -0.39 is 0 Å². The summed E-state index contributed by atoms with van der Waals surface area (Å²) < 4.78 is 0. The van der Waals surface area contributed by atoms with E-state index in [4.69, 9.17) is 23.2 Å². The van der Waals surface area contributed by atoms with Gasteiger partial charge in [0.2, 0.25) is 0 Å². The van der Waals surface area contributed by atoms with E-state index in [1.54, 1.807) is 18.2 Å². The van der Waals surface area contributed by atoms with Crippen molar-refractivity contribution in [2.24, 2.45) is 0 Å². The molecule has 0 radical (unpaired) electrons. The summed E-state index contributed by atoms with van der Waals surface area (Å²) in [6.07, 6.45) is 0. The summed E-state index contributed by atoms with van der Waals surface area (Å²) in [6.45, 7) is 0.733. The Bertz CT molecular complexity index is 647. The zero-order valence-electron chi connectivity index (χ0n) is 11.4. The molecule has 0 aliphatic heterocycles. The summed E-state index contributed by atoms with van der Waals surface area (Å²) in [7, 11) is 1.87. The van der Waals surface area contributed by atoms with Gasteiger partial charge in [-0.05, 0) is 42.9 Å². The van der Waals surface area contributed by atoms with Crippen molar-refractivity contribution in [3.63, 3.8) is 0 Å². The second-order valence-corrected chi connectivity index (χ2v) is 5.28. The fourth-order valence-corrected chi connectivity index (χ4v) is 2.18. The number of nitrogens with one attached hydrogen (secondary N) is 3. The number of carbonyl (C=O) groups excluding carboxylic acids is 1. The Kier molecular flexibility index (Phi) is 5.44. The monoisotopic (exact) mass is 323 g/mol. The molecule has 0 atom stereocenters. The minimum absolute atomic E-state index is 0.374. The molecular weight excluding hydrogens is 309 g/mol. The first kappa shape index (κ1) is 15.6. The molecule has 4 nitrogen and oxygen atoms in total. The van der Waals surface area contributed by atoms with Crippen LogP contribution in [0.1, 0.15) is 5.56 Å². The summed E-state index contributed by atoms with van der Waals surface area (Å²) in [4.78, 5) is 12.0. The number of carbonyl (C=O) groups is 1. The van der Waals surface area contributed by atoms with E-state index in [0.29, 0.717) is 21.4 Å². The Labute approximate surface area is 133 Å². The predicted molar refractivity (Wildman–Crippen MR) is 88.3 cm³/mol. The van der Waals surface area contributed by atoms with E-state index in [1.165, 1.54) is 0 Å². The average Bonchev–Trinajstić information content (AvgIpc) is 2.43. The summed E-state index contributed by atoms with van der Waals surface area (Å²) in [6, 6.07) is 12.1. The van der Waals surface area contributed by atoms with Gasteiger partial charge in [0.05, 0.1) is 10.7 Å². The maximum Gasteiger partial charge on any atom is 0.323 e. The van der Waals surface area contributed by atoms with Gasteiger partial charge >= 0.3 is 6.03 Å². The average molecular weight is 324 g/mol. The molecule has 0 fully saturated rings. The third-order valence-corrected chi connectivity index (χ3v) is 3.31. The van der Waals surface area contributed by atoms with Crippen LogP contribution < -0.4 is 16.0 Å². The molecular formula is C15H15Cl2N3O. The van der Waals surface area contributed by atoms with Gasteiger partial charge in [0.1, 0.15) is 0 Å². The molecule has 0 saturated heterocycles. The molecule has 0 unspecified atom stereocenters. The topological polar surface area (TPSA) is 53.2 Å². The summed E-state index contributed by atoms with van der Waals surface area (Å²) >= 11 is 11.9. The number of hydrogen-bond acceptors (Lipinski definition) is 2. The Morgan fingerprint density at radius 3 is 2.67 bits per heavy atom. The first-order valence-corrected chi connectivity index (χ1v) is 7.10. The van der Waals surface area contributed by atoms with Gasteiger partial charge in [-0.2, -0.15) is 0 Å². The lowest BCUT2D eigenvalue weighted by molar-refractivity contribution is 0.262. The minimum Gasteiger partial charge on any atom is -0.316 e.